The van der Waals surface area contributed by atoms with Gasteiger partial charge < -0.3 is 20.1 Å². The Kier molecular flexibility index (Phi) is 13.3. The van der Waals surface area contributed by atoms with Crippen LogP contribution in [0.3, 0.4) is 0 Å². The molecule has 3 unspecified atom stereocenters. The Labute approximate surface area is 256 Å². The van der Waals surface area contributed by atoms with Gasteiger partial charge in [0, 0.05) is 18.2 Å². The molecule has 0 bridgehead atoms. The largest absolute Gasteiger partial charge is 0.497 e. The minimum atomic E-state index is -0.134. The van der Waals surface area contributed by atoms with Crippen molar-refractivity contribution in [1.82, 2.24) is 15.5 Å². The van der Waals surface area contributed by atoms with Crippen LogP contribution in [0, 0.1) is 5.92 Å². The average Bonchev–Trinajstić information content (AvgIpc) is 3.68. The average molecular weight is 612 g/mol. The standard InChI is InChI=1S/C29H35N5O4S2.C2H6/c1-18(39-28(30-2)31-25(35)15-19-7-5-9-23(13-19)37-3)21-11-12-22(17-21)27-33-34-29(40-27)32-26(36)16-20-8-6-10-24(14-20)38-4;1-2/h5-10,13-14,18,21-22H,11-12,15-17H2,1-4H3,(H,30,31,35)(H,32,34,36);1-2H3. The summed E-state index contributed by atoms with van der Waals surface area (Å²) in [4.78, 5) is 29.5. The van der Waals surface area contributed by atoms with Gasteiger partial charge in [-0.3, -0.25) is 14.6 Å². The molecule has 0 saturated heterocycles. The van der Waals surface area contributed by atoms with E-state index in [2.05, 4.69) is 32.7 Å². The number of anilines is 1. The van der Waals surface area contributed by atoms with Crippen molar-refractivity contribution in [3.63, 3.8) is 0 Å². The molecule has 1 aromatic heterocycles. The van der Waals surface area contributed by atoms with E-state index in [1.807, 2.05) is 62.4 Å². The molecule has 3 aromatic rings. The third kappa shape index (κ3) is 9.84. The number of ether oxygens (including phenoxy) is 2. The number of rotatable bonds is 10. The molecule has 2 N–H and O–H groups in total. The topological polar surface area (TPSA) is 115 Å². The summed E-state index contributed by atoms with van der Waals surface area (Å²) in [5.41, 5.74) is 1.76. The first-order valence-electron chi connectivity index (χ1n) is 14.2. The summed E-state index contributed by atoms with van der Waals surface area (Å²) in [5.74, 6) is 1.97. The quantitative estimate of drug-likeness (QED) is 0.210. The van der Waals surface area contributed by atoms with Crippen molar-refractivity contribution in [2.24, 2.45) is 10.9 Å². The summed E-state index contributed by atoms with van der Waals surface area (Å²) in [5, 5.41) is 16.8. The maximum absolute atomic E-state index is 12.6. The number of nitrogens with one attached hydrogen (secondary N) is 2. The summed E-state index contributed by atoms with van der Waals surface area (Å²) in [6.07, 6.45) is 3.55. The number of carbonyl (C=O) groups excluding carboxylic acids is 2. The third-order valence-corrected chi connectivity index (χ3v) is 9.18. The second kappa shape index (κ2) is 16.9. The fourth-order valence-corrected chi connectivity index (χ4v) is 6.77. The van der Waals surface area contributed by atoms with Gasteiger partial charge >= 0.3 is 0 Å². The van der Waals surface area contributed by atoms with Crippen LogP contribution in [-0.4, -0.2) is 53.7 Å². The van der Waals surface area contributed by atoms with E-state index in [9.17, 15) is 9.59 Å². The molecule has 1 aliphatic carbocycles. The lowest BCUT2D eigenvalue weighted by atomic mass is 10.0. The number of aromatic nitrogens is 2. The molecule has 11 heteroatoms. The Bertz CT molecular complexity index is 1350. The van der Waals surface area contributed by atoms with Gasteiger partial charge in [0.2, 0.25) is 16.9 Å². The normalized spacial score (nSPS) is 17.0. The first-order valence-corrected chi connectivity index (χ1v) is 15.9. The Balaban J connectivity index is 0.00000237. The first-order chi connectivity index (χ1) is 20.4. The molecule has 42 heavy (non-hydrogen) atoms. The van der Waals surface area contributed by atoms with E-state index in [4.69, 9.17) is 9.47 Å². The van der Waals surface area contributed by atoms with E-state index in [1.165, 1.54) is 11.3 Å². The number of hydrogen-bond donors (Lipinski definition) is 2. The van der Waals surface area contributed by atoms with Crippen LogP contribution in [0.5, 0.6) is 11.5 Å². The second-order valence-electron chi connectivity index (χ2n) is 9.72. The highest BCUT2D eigenvalue weighted by Gasteiger charge is 2.33. The van der Waals surface area contributed by atoms with Crippen LogP contribution < -0.4 is 20.1 Å². The number of benzene rings is 2. The molecule has 1 saturated carbocycles. The highest BCUT2D eigenvalue weighted by Crippen LogP contribution is 2.44. The summed E-state index contributed by atoms with van der Waals surface area (Å²) in [6.45, 7) is 6.18. The molecule has 1 aliphatic rings. The predicted octanol–water partition coefficient (Wildman–Crippen LogP) is 6.11. The zero-order chi connectivity index (χ0) is 30.5. The van der Waals surface area contributed by atoms with Crippen LogP contribution >= 0.6 is 23.1 Å². The van der Waals surface area contributed by atoms with Gasteiger partial charge in [0.15, 0.2) is 5.17 Å². The van der Waals surface area contributed by atoms with Gasteiger partial charge in [-0.25, -0.2) is 0 Å². The number of amides is 2. The fraction of sp³-hybridized carbons (Fsp3) is 0.452. The molecule has 1 heterocycles. The van der Waals surface area contributed by atoms with Crippen molar-refractivity contribution in [3.8, 4) is 11.5 Å². The maximum atomic E-state index is 12.6. The van der Waals surface area contributed by atoms with Gasteiger partial charge in [-0.2, -0.15) is 0 Å². The number of amidine groups is 1. The van der Waals surface area contributed by atoms with E-state index in [-0.39, 0.29) is 29.9 Å². The van der Waals surface area contributed by atoms with Gasteiger partial charge in [-0.05, 0) is 60.6 Å². The molecule has 3 atom stereocenters. The predicted molar refractivity (Wildman–Crippen MR) is 172 cm³/mol. The van der Waals surface area contributed by atoms with Crippen molar-refractivity contribution in [2.45, 2.75) is 64.0 Å². The minimum absolute atomic E-state index is 0.104. The number of hydrogen-bond acceptors (Lipinski definition) is 9. The lowest BCUT2D eigenvalue weighted by molar-refractivity contribution is -0.119. The highest BCUT2D eigenvalue weighted by molar-refractivity contribution is 8.14. The van der Waals surface area contributed by atoms with Crippen LogP contribution in [0.1, 0.15) is 62.1 Å². The van der Waals surface area contributed by atoms with E-state index in [0.717, 1.165) is 46.9 Å². The molecule has 0 spiro atoms. The Morgan fingerprint density at radius 3 is 2.21 bits per heavy atom. The summed E-state index contributed by atoms with van der Waals surface area (Å²) >= 11 is 3.04. The SMILES string of the molecule is CC.CN=C(NC(=O)Cc1cccc(OC)c1)SC(C)C1CCC(c2nnc(NC(=O)Cc3cccc(OC)c3)s2)C1. The molecular formula is C31H41N5O4S2. The molecule has 2 aromatic carbocycles. The van der Waals surface area contributed by atoms with E-state index < -0.39 is 0 Å². The van der Waals surface area contributed by atoms with Crippen molar-refractivity contribution in [2.75, 3.05) is 26.6 Å². The third-order valence-electron chi connectivity index (χ3n) is 6.92. The van der Waals surface area contributed by atoms with Crippen LogP contribution in [-0.2, 0) is 22.4 Å². The van der Waals surface area contributed by atoms with Gasteiger partial charge in [-0.1, -0.05) is 68.1 Å². The number of thioether (sulfide) groups is 1. The molecule has 9 nitrogen and oxygen atoms in total. The molecule has 4 rings (SSSR count). The smallest absolute Gasteiger partial charge is 0.230 e. The summed E-state index contributed by atoms with van der Waals surface area (Å²) < 4.78 is 10.5. The Morgan fingerprint density at radius 1 is 1.00 bits per heavy atom. The highest BCUT2D eigenvalue weighted by atomic mass is 32.2. The van der Waals surface area contributed by atoms with Gasteiger partial charge in [-0.15, -0.1) is 10.2 Å². The lowest BCUT2D eigenvalue weighted by Crippen LogP contribution is -2.31. The monoisotopic (exact) mass is 611 g/mol. The van der Waals surface area contributed by atoms with Crippen molar-refractivity contribution < 1.29 is 19.1 Å². The maximum Gasteiger partial charge on any atom is 0.230 e. The summed E-state index contributed by atoms with van der Waals surface area (Å²) in [6, 6.07) is 15.0. The van der Waals surface area contributed by atoms with Crippen LogP contribution in [0.2, 0.25) is 0 Å². The van der Waals surface area contributed by atoms with Gasteiger partial charge in [0.05, 0.1) is 27.1 Å². The Hall–Kier alpha value is -3.44. The zero-order valence-corrected chi connectivity index (χ0v) is 26.8. The molecular weight excluding hydrogens is 571 g/mol. The molecule has 1 fully saturated rings. The van der Waals surface area contributed by atoms with E-state index in [1.54, 1.807) is 33.0 Å². The van der Waals surface area contributed by atoms with Crippen molar-refractivity contribution in [1.29, 1.82) is 0 Å². The van der Waals surface area contributed by atoms with Gasteiger partial charge in [0.25, 0.3) is 0 Å². The molecule has 226 valence electrons. The molecule has 0 aliphatic heterocycles. The zero-order valence-electron chi connectivity index (χ0n) is 25.2. The Morgan fingerprint density at radius 2 is 1.62 bits per heavy atom. The minimum Gasteiger partial charge on any atom is -0.497 e. The second-order valence-corrected chi connectivity index (χ2v) is 12.1. The van der Waals surface area contributed by atoms with Gasteiger partial charge in [0.1, 0.15) is 16.5 Å². The van der Waals surface area contributed by atoms with E-state index >= 15 is 0 Å². The fourth-order valence-electron chi connectivity index (χ4n) is 4.79. The lowest BCUT2D eigenvalue weighted by Gasteiger charge is -2.19. The van der Waals surface area contributed by atoms with Crippen LogP contribution in [0.25, 0.3) is 0 Å². The number of methoxy groups -OCH3 is 2. The van der Waals surface area contributed by atoms with Crippen molar-refractivity contribution in [3.05, 3.63) is 64.7 Å². The first kappa shape index (κ1) is 33.1. The van der Waals surface area contributed by atoms with E-state index in [0.29, 0.717) is 22.1 Å². The number of nitrogens with zero attached hydrogens (tertiary/aromatic N) is 3. The number of aliphatic imine (C=N–C) groups is 1. The van der Waals surface area contributed by atoms with Crippen LogP contribution in [0.15, 0.2) is 53.5 Å². The molecule has 0 radical (unpaired) electrons. The molecule has 2 amide bonds. The summed E-state index contributed by atoms with van der Waals surface area (Å²) in [7, 11) is 4.91. The number of carbonyl (C=O) groups is 2. The van der Waals surface area contributed by atoms with Crippen molar-refractivity contribution >= 4 is 45.2 Å². The van der Waals surface area contributed by atoms with Crippen LogP contribution in [0.4, 0.5) is 5.13 Å².